The van der Waals surface area contributed by atoms with Crippen molar-refractivity contribution in [3.8, 4) is 0 Å². The van der Waals surface area contributed by atoms with Crippen LogP contribution in [0.15, 0.2) is 69.9 Å². The summed E-state index contributed by atoms with van der Waals surface area (Å²) in [6.45, 7) is 4.71. The number of carbonyl (C=O) groups is 1. The molecule has 2 N–H and O–H groups in total. The first-order chi connectivity index (χ1) is 16.2. The topological polar surface area (TPSA) is 126 Å². The van der Waals surface area contributed by atoms with Gasteiger partial charge in [-0.25, -0.2) is 21.8 Å². The van der Waals surface area contributed by atoms with E-state index in [4.69, 9.17) is 0 Å². The van der Waals surface area contributed by atoms with E-state index in [1.165, 1.54) is 59.0 Å². The van der Waals surface area contributed by atoms with E-state index in [0.29, 0.717) is 31.6 Å². The Kier molecular flexibility index (Phi) is 8.42. The smallest absolute Gasteiger partial charge is 0.263 e. The summed E-state index contributed by atoms with van der Waals surface area (Å²) in [4.78, 5) is 16.7. The second-order valence-electron chi connectivity index (χ2n) is 7.35. The van der Waals surface area contributed by atoms with E-state index in [2.05, 4.69) is 15.0 Å². The first kappa shape index (κ1) is 25.8. The maximum Gasteiger partial charge on any atom is 0.263 e. The van der Waals surface area contributed by atoms with Crippen molar-refractivity contribution in [3.63, 3.8) is 0 Å². The number of nitrogens with one attached hydrogen (secondary N) is 2. The molecule has 1 heterocycles. The van der Waals surface area contributed by atoms with E-state index < -0.39 is 26.0 Å². The highest BCUT2D eigenvalue weighted by molar-refractivity contribution is 7.93. The second-order valence-corrected chi connectivity index (χ2v) is 11.9. The highest BCUT2D eigenvalue weighted by Crippen LogP contribution is 2.21. The minimum absolute atomic E-state index is 0.0268. The fraction of sp³-hybridized carbons (Fsp3) is 0.273. The maximum absolute atomic E-state index is 12.9. The lowest BCUT2D eigenvalue weighted by Gasteiger charge is -2.21. The van der Waals surface area contributed by atoms with Crippen LogP contribution in [0.3, 0.4) is 0 Å². The fourth-order valence-electron chi connectivity index (χ4n) is 3.15. The molecule has 34 heavy (non-hydrogen) atoms. The molecule has 3 aromatic rings. The van der Waals surface area contributed by atoms with E-state index in [-0.39, 0.29) is 20.5 Å². The van der Waals surface area contributed by atoms with E-state index in [1.807, 2.05) is 13.8 Å². The van der Waals surface area contributed by atoms with Crippen LogP contribution in [0.5, 0.6) is 0 Å². The number of hydrogen-bond donors (Lipinski definition) is 2. The molecule has 0 aliphatic rings. The number of aromatic nitrogens is 1. The van der Waals surface area contributed by atoms with Crippen molar-refractivity contribution in [3.05, 3.63) is 65.7 Å². The van der Waals surface area contributed by atoms with Crippen LogP contribution in [0.25, 0.3) is 0 Å². The van der Waals surface area contributed by atoms with Crippen molar-refractivity contribution < 1.29 is 21.6 Å². The summed E-state index contributed by atoms with van der Waals surface area (Å²) in [5.41, 5.74) is 0.672. The molecule has 12 heteroatoms. The van der Waals surface area contributed by atoms with Gasteiger partial charge in [-0.05, 0) is 61.4 Å². The Bertz CT molecular complexity index is 1300. The third-order valence-electron chi connectivity index (χ3n) is 4.78. The number of benzene rings is 2. The monoisotopic (exact) mass is 522 g/mol. The molecular weight excluding hydrogens is 496 g/mol. The number of nitrogens with zero attached hydrogens (tertiary/aromatic N) is 2. The van der Waals surface area contributed by atoms with Gasteiger partial charge in [0.25, 0.3) is 15.9 Å². The first-order valence-electron chi connectivity index (χ1n) is 10.6. The third kappa shape index (κ3) is 6.20. The van der Waals surface area contributed by atoms with Crippen LogP contribution in [-0.4, -0.2) is 45.1 Å². The molecule has 0 aliphatic heterocycles. The molecule has 0 saturated carbocycles. The second kappa shape index (κ2) is 11.1. The number of hydrogen-bond acceptors (Lipinski definition) is 7. The molecule has 0 bridgehead atoms. The highest BCUT2D eigenvalue weighted by Gasteiger charge is 2.23. The van der Waals surface area contributed by atoms with Crippen molar-refractivity contribution in [2.45, 2.75) is 36.5 Å². The van der Waals surface area contributed by atoms with Gasteiger partial charge in [0.1, 0.15) is 0 Å². The van der Waals surface area contributed by atoms with Gasteiger partial charge in [0.15, 0.2) is 5.13 Å². The molecule has 0 radical (unpaired) electrons. The standard InChI is InChI=1S/C22H26N4O5S3/c1-3-14-26(15-4-2)34(30,31)20-9-5-17(6-10-20)21(27)24-18-7-11-19(12-8-18)33(28,29)25-22-23-13-16-32-22/h5-13,16H,3-4,14-15H2,1-2H3,(H,23,25)(H,24,27). The number of carbonyl (C=O) groups excluding carboxylic acids is 1. The lowest BCUT2D eigenvalue weighted by Crippen LogP contribution is -2.32. The van der Waals surface area contributed by atoms with Gasteiger partial charge < -0.3 is 5.32 Å². The quantitative estimate of drug-likeness (QED) is 0.392. The molecule has 0 unspecified atom stereocenters. The lowest BCUT2D eigenvalue weighted by molar-refractivity contribution is 0.102. The predicted molar refractivity (Wildman–Crippen MR) is 133 cm³/mol. The van der Waals surface area contributed by atoms with E-state index in [9.17, 15) is 21.6 Å². The predicted octanol–water partition coefficient (Wildman–Crippen LogP) is 4.01. The minimum Gasteiger partial charge on any atom is -0.322 e. The average Bonchev–Trinajstić information content (AvgIpc) is 3.31. The van der Waals surface area contributed by atoms with Gasteiger partial charge in [-0.15, -0.1) is 11.3 Å². The number of anilines is 2. The first-order valence-corrected chi connectivity index (χ1v) is 14.4. The summed E-state index contributed by atoms with van der Waals surface area (Å²) in [5.74, 6) is -0.445. The SMILES string of the molecule is CCCN(CCC)S(=O)(=O)c1ccc(C(=O)Nc2ccc(S(=O)(=O)Nc3nccs3)cc2)cc1. The molecule has 0 aliphatic carbocycles. The van der Waals surface area contributed by atoms with Crippen LogP contribution in [0, 0.1) is 0 Å². The third-order valence-corrected chi connectivity index (χ3v) is 8.86. The van der Waals surface area contributed by atoms with Crippen molar-refractivity contribution in [1.82, 2.24) is 9.29 Å². The summed E-state index contributed by atoms with van der Waals surface area (Å²) in [6, 6.07) is 11.4. The maximum atomic E-state index is 12.9. The summed E-state index contributed by atoms with van der Waals surface area (Å²) in [5, 5.41) is 4.60. The van der Waals surface area contributed by atoms with Crippen LogP contribution >= 0.6 is 11.3 Å². The molecule has 0 atom stereocenters. The van der Waals surface area contributed by atoms with E-state index >= 15 is 0 Å². The molecular formula is C22H26N4O5S3. The average molecular weight is 523 g/mol. The Labute approximate surface area is 204 Å². The summed E-state index contributed by atoms with van der Waals surface area (Å²) in [7, 11) is -7.42. The number of rotatable bonds is 11. The minimum atomic E-state index is -3.79. The van der Waals surface area contributed by atoms with Crippen LogP contribution in [-0.2, 0) is 20.0 Å². The summed E-state index contributed by atoms with van der Waals surface area (Å²) < 4.78 is 54.4. The van der Waals surface area contributed by atoms with Gasteiger partial charge in [-0.2, -0.15) is 4.31 Å². The highest BCUT2D eigenvalue weighted by atomic mass is 32.2. The Hall–Kier alpha value is -2.80. The van der Waals surface area contributed by atoms with E-state index in [1.54, 1.807) is 5.38 Å². The largest absolute Gasteiger partial charge is 0.322 e. The van der Waals surface area contributed by atoms with Gasteiger partial charge in [0.2, 0.25) is 10.0 Å². The Balaban J connectivity index is 1.69. The fourth-order valence-corrected chi connectivity index (χ4v) is 6.56. The zero-order chi connectivity index (χ0) is 24.8. The number of sulfonamides is 2. The molecule has 0 spiro atoms. The Morgan fingerprint density at radius 3 is 2.03 bits per heavy atom. The molecule has 0 saturated heterocycles. The van der Waals surface area contributed by atoms with Gasteiger partial charge in [0.05, 0.1) is 9.79 Å². The molecule has 2 aromatic carbocycles. The van der Waals surface area contributed by atoms with Gasteiger partial charge in [0, 0.05) is 35.9 Å². The summed E-state index contributed by atoms with van der Waals surface area (Å²) in [6.07, 6.45) is 2.91. The molecule has 9 nitrogen and oxygen atoms in total. The Morgan fingerprint density at radius 1 is 0.912 bits per heavy atom. The van der Waals surface area contributed by atoms with Crippen LogP contribution in [0.1, 0.15) is 37.0 Å². The van der Waals surface area contributed by atoms with Crippen molar-refractivity contribution in [2.75, 3.05) is 23.1 Å². The van der Waals surface area contributed by atoms with Crippen LogP contribution in [0.4, 0.5) is 10.8 Å². The van der Waals surface area contributed by atoms with Crippen molar-refractivity contribution >= 4 is 48.1 Å². The van der Waals surface area contributed by atoms with Gasteiger partial charge >= 0.3 is 0 Å². The number of amides is 1. The summed E-state index contributed by atoms with van der Waals surface area (Å²) >= 11 is 1.16. The number of thiazole rings is 1. The van der Waals surface area contributed by atoms with Crippen molar-refractivity contribution in [2.24, 2.45) is 0 Å². The van der Waals surface area contributed by atoms with Gasteiger partial charge in [-0.3, -0.25) is 9.52 Å². The van der Waals surface area contributed by atoms with Crippen LogP contribution < -0.4 is 10.0 Å². The molecule has 3 rings (SSSR count). The van der Waals surface area contributed by atoms with Crippen molar-refractivity contribution in [1.29, 1.82) is 0 Å². The van der Waals surface area contributed by atoms with Gasteiger partial charge in [-0.1, -0.05) is 13.8 Å². The Morgan fingerprint density at radius 2 is 1.50 bits per heavy atom. The molecule has 182 valence electrons. The zero-order valence-electron chi connectivity index (χ0n) is 18.8. The zero-order valence-corrected chi connectivity index (χ0v) is 21.2. The molecule has 1 aromatic heterocycles. The lowest BCUT2D eigenvalue weighted by atomic mass is 10.2. The normalized spacial score (nSPS) is 12.0. The molecule has 1 amide bonds. The van der Waals surface area contributed by atoms with E-state index in [0.717, 1.165) is 11.3 Å². The molecule has 0 fully saturated rings. The van der Waals surface area contributed by atoms with Crippen LogP contribution in [0.2, 0.25) is 0 Å².